The van der Waals surface area contributed by atoms with Crippen LogP contribution in [-0.2, 0) is 13.0 Å². The Kier molecular flexibility index (Phi) is 1.77. The Bertz CT molecular complexity index is 400. The number of aromatic amines is 1. The van der Waals surface area contributed by atoms with E-state index in [1.165, 1.54) is 6.42 Å². The number of hydrogen-bond donors (Lipinski definition) is 2. The van der Waals surface area contributed by atoms with Gasteiger partial charge in [-0.3, -0.25) is 9.89 Å². The van der Waals surface area contributed by atoms with Crippen LogP contribution in [0.2, 0.25) is 0 Å². The Morgan fingerprint density at radius 3 is 2.86 bits per heavy atom. The molecule has 0 atom stereocenters. The van der Waals surface area contributed by atoms with Crippen molar-refractivity contribution in [2.24, 2.45) is 0 Å². The van der Waals surface area contributed by atoms with E-state index in [2.05, 4.69) is 10.4 Å². The van der Waals surface area contributed by atoms with Gasteiger partial charge >= 0.3 is 0 Å². The highest BCUT2D eigenvalue weighted by Gasteiger charge is 2.25. The molecule has 76 valence electrons. The van der Waals surface area contributed by atoms with Gasteiger partial charge in [0.2, 0.25) is 0 Å². The van der Waals surface area contributed by atoms with E-state index in [0.29, 0.717) is 6.04 Å². The van der Waals surface area contributed by atoms with Gasteiger partial charge in [0, 0.05) is 12.1 Å². The molecule has 1 aliphatic heterocycles. The summed E-state index contributed by atoms with van der Waals surface area (Å²) in [5, 5.41) is 6.52. The van der Waals surface area contributed by atoms with E-state index in [-0.39, 0.29) is 5.56 Å². The Morgan fingerprint density at radius 1 is 1.36 bits per heavy atom. The van der Waals surface area contributed by atoms with Crippen LogP contribution in [0, 0.1) is 0 Å². The summed E-state index contributed by atoms with van der Waals surface area (Å²) in [5.41, 5.74) is 2.34. The minimum absolute atomic E-state index is 0.228. The van der Waals surface area contributed by atoms with Crippen LogP contribution >= 0.6 is 0 Å². The molecule has 2 heterocycles. The Hall–Kier alpha value is -1.03. The summed E-state index contributed by atoms with van der Waals surface area (Å²) in [4.78, 5) is 12.0. The van der Waals surface area contributed by atoms with E-state index >= 15 is 0 Å². The van der Waals surface area contributed by atoms with Crippen molar-refractivity contribution in [3.63, 3.8) is 0 Å². The molecule has 2 N–H and O–H groups in total. The molecule has 0 bridgehead atoms. The lowest BCUT2D eigenvalue weighted by Gasteiger charge is -2.25. The zero-order chi connectivity index (χ0) is 9.54. The topological polar surface area (TPSA) is 49.8 Å². The molecule has 0 saturated heterocycles. The minimum Gasteiger partial charge on any atom is -0.311 e. The maximum absolute atomic E-state index is 12.0. The number of aromatic nitrogens is 2. The van der Waals surface area contributed by atoms with E-state index in [1.807, 2.05) is 4.68 Å². The molecular formula is C10H15N3O. The van der Waals surface area contributed by atoms with Crippen LogP contribution in [0.15, 0.2) is 4.79 Å². The number of nitrogens with one attached hydrogen (secondary N) is 2. The monoisotopic (exact) mass is 193 g/mol. The molecule has 0 amide bonds. The molecule has 0 radical (unpaired) electrons. The van der Waals surface area contributed by atoms with Crippen LogP contribution < -0.4 is 10.9 Å². The first-order valence-corrected chi connectivity index (χ1v) is 5.39. The van der Waals surface area contributed by atoms with Crippen molar-refractivity contribution in [2.45, 2.75) is 38.3 Å². The highest BCUT2D eigenvalue weighted by molar-refractivity contribution is 5.20. The molecule has 0 aromatic carbocycles. The predicted molar refractivity (Wildman–Crippen MR) is 53.4 cm³/mol. The minimum atomic E-state index is 0.228. The molecule has 4 nitrogen and oxygen atoms in total. The first kappa shape index (κ1) is 8.29. The maximum atomic E-state index is 12.0. The average molecular weight is 193 g/mol. The van der Waals surface area contributed by atoms with Crippen molar-refractivity contribution >= 4 is 0 Å². The smallest absolute Gasteiger partial charge is 0.270 e. The second-order valence-corrected chi connectivity index (χ2v) is 4.26. The van der Waals surface area contributed by atoms with Crippen LogP contribution in [0.4, 0.5) is 0 Å². The fourth-order valence-corrected chi connectivity index (χ4v) is 2.27. The molecular weight excluding hydrogens is 178 g/mol. The van der Waals surface area contributed by atoms with E-state index in [4.69, 9.17) is 0 Å². The van der Waals surface area contributed by atoms with Crippen molar-refractivity contribution < 1.29 is 0 Å². The number of nitrogens with zero attached hydrogens (tertiary/aromatic N) is 1. The average Bonchev–Trinajstić information content (AvgIpc) is 2.43. The van der Waals surface area contributed by atoms with Crippen molar-refractivity contribution in [1.29, 1.82) is 0 Å². The third kappa shape index (κ3) is 1.07. The quantitative estimate of drug-likeness (QED) is 0.684. The molecule has 1 aromatic rings. The molecule has 1 saturated carbocycles. The van der Waals surface area contributed by atoms with E-state index < -0.39 is 0 Å². The van der Waals surface area contributed by atoms with Gasteiger partial charge in [-0.1, -0.05) is 0 Å². The molecule has 4 heteroatoms. The fraction of sp³-hybridized carbons (Fsp3) is 0.700. The fourth-order valence-electron chi connectivity index (χ4n) is 2.27. The summed E-state index contributed by atoms with van der Waals surface area (Å²) in [7, 11) is 0. The van der Waals surface area contributed by atoms with Crippen LogP contribution in [0.3, 0.4) is 0 Å². The standard InChI is InChI=1S/C10H15N3O/c14-10-8-4-5-11-6-9(8)12-13(10)7-2-1-3-7/h7,11-12H,1-6H2. The molecule has 0 unspecified atom stereocenters. The van der Waals surface area contributed by atoms with E-state index in [0.717, 1.165) is 43.6 Å². The lowest BCUT2D eigenvalue weighted by molar-refractivity contribution is 0.282. The molecule has 1 aliphatic carbocycles. The molecule has 3 rings (SSSR count). The van der Waals surface area contributed by atoms with Crippen molar-refractivity contribution in [1.82, 2.24) is 15.1 Å². The number of rotatable bonds is 1. The van der Waals surface area contributed by atoms with Gasteiger partial charge in [-0.25, -0.2) is 4.68 Å². The molecule has 2 aliphatic rings. The van der Waals surface area contributed by atoms with Crippen LogP contribution in [0.25, 0.3) is 0 Å². The Balaban J connectivity index is 2.04. The van der Waals surface area contributed by atoms with Crippen molar-refractivity contribution in [3.05, 3.63) is 21.6 Å². The summed E-state index contributed by atoms with van der Waals surface area (Å²) in [5.74, 6) is 0. The highest BCUT2D eigenvalue weighted by atomic mass is 16.1. The van der Waals surface area contributed by atoms with E-state index in [1.54, 1.807) is 0 Å². The zero-order valence-corrected chi connectivity index (χ0v) is 8.18. The number of hydrogen-bond acceptors (Lipinski definition) is 2. The lowest BCUT2D eigenvalue weighted by Crippen LogP contribution is -2.29. The summed E-state index contributed by atoms with van der Waals surface area (Å²) < 4.78 is 1.85. The lowest BCUT2D eigenvalue weighted by atomic mass is 9.93. The highest BCUT2D eigenvalue weighted by Crippen LogP contribution is 2.30. The molecule has 1 aromatic heterocycles. The normalized spacial score (nSPS) is 21.7. The number of fused-ring (bicyclic) bond motifs is 1. The van der Waals surface area contributed by atoms with Gasteiger partial charge in [0.1, 0.15) is 0 Å². The van der Waals surface area contributed by atoms with E-state index in [9.17, 15) is 4.79 Å². The number of H-pyrrole nitrogens is 1. The second kappa shape index (κ2) is 2.98. The molecule has 14 heavy (non-hydrogen) atoms. The first-order chi connectivity index (χ1) is 6.86. The zero-order valence-electron chi connectivity index (χ0n) is 8.18. The van der Waals surface area contributed by atoms with Crippen LogP contribution in [0.5, 0.6) is 0 Å². The first-order valence-electron chi connectivity index (χ1n) is 5.39. The second-order valence-electron chi connectivity index (χ2n) is 4.26. The maximum Gasteiger partial charge on any atom is 0.270 e. The van der Waals surface area contributed by atoms with Crippen molar-refractivity contribution in [3.8, 4) is 0 Å². The third-order valence-electron chi connectivity index (χ3n) is 3.39. The van der Waals surface area contributed by atoms with Crippen molar-refractivity contribution in [2.75, 3.05) is 6.54 Å². The van der Waals surface area contributed by atoms with Gasteiger partial charge in [-0.15, -0.1) is 0 Å². The van der Waals surface area contributed by atoms with Gasteiger partial charge in [0.25, 0.3) is 5.56 Å². The predicted octanol–water partition coefficient (Wildman–Crippen LogP) is 0.547. The molecule has 0 spiro atoms. The third-order valence-corrected chi connectivity index (χ3v) is 3.39. The van der Waals surface area contributed by atoms with Gasteiger partial charge in [0.15, 0.2) is 0 Å². The van der Waals surface area contributed by atoms with Gasteiger partial charge in [-0.2, -0.15) is 0 Å². The summed E-state index contributed by atoms with van der Waals surface area (Å²) >= 11 is 0. The van der Waals surface area contributed by atoms with Gasteiger partial charge in [0.05, 0.1) is 11.7 Å². The van der Waals surface area contributed by atoms with Crippen LogP contribution in [-0.4, -0.2) is 16.3 Å². The van der Waals surface area contributed by atoms with Gasteiger partial charge < -0.3 is 5.32 Å². The summed E-state index contributed by atoms with van der Waals surface area (Å²) in [6, 6.07) is 0.452. The largest absolute Gasteiger partial charge is 0.311 e. The molecule has 1 fully saturated rings. The van der Waals surface area contributed by atoms with Gasteiger partial charge in [-0.05, 0) is 32.2 Å². The van der Waals surface area contributed by atoms with Crippen LogP contribution in [0.1, 0.15) is 36.6 Å². The SMILES string of the molecule is O=c1c2c([nH]n1C1CCC1)CNCC2. The Morgan fingerprint density at radius 2 is 2.21 bits per heavy atom. The Labute approximate surface area is 82.3 Å². The summed E-state index contributed by atoms with van der Waals surface area (Å²) in [6.07, 6.45) is 4.46. The summed E-state index contributed by atoms with van der Waals surface area (Å²) in [6.45, 7) is 1.76.